The minimum absolute atomic E-state index is 0.0608. The Balaban J connectivity index is 2.03. The average molecular weight is 306 g/mol. The highest BCUT2D eigenvalue weighted by Crippen LogP contribution is 2.31. The molecule has 0 radical (unpaired) electrons. The van der Waals surface area contributed by atoms with Crippen molar-refractivity contribution in [2.24, 2.45) is 0 Å². The second-order valence-electron chi connectivity index (χ2n) is 7.07. The summed E-state index contributed by atoms with van der Waals surface area (Å²) in [5, 5.41) is 7.55. The topological polar surface area (TPSA) is 50.2 Å². The highest BCUT2D eigenvalue weighted by atomic mass is 16.2. The fourth-order valence-electron chi connectivity index (χ4n) is 3.45. The van der Waals surface area contributed by atoms with Crippen molar-refractivity contribution in [3.63, 3.8) is 0 Å². The van der Waals surface area contributed by atoms with Gasteiger partial charge in [-0.05, 0) is 53.8 Å². The van der Waals surface area contributed by atoms with Crippen LogP contribution < -0.4 is 5.32 Å². The first-order valence-electron chi connectivity index (χ1n) is 8.37. The number of aryl methyl sites for hydroxylation is 1. The molecule has 2 rings (SSSR count). The van der Waals surface area contributed by atoms with Crippen LogP contribution in [0, 0.1) is 6.92 Å². The summed E-state index contributed by atoms with van der Waals surface area (Å²) in [6.45, 7) is 6.84. The monoisotopic (exact) mass is 306 g/mol. The number of hydrogen-bond donors (Lipinski definition) is 1. The first-order valence-corrected chi connectivity index (χ1v) is 8.37. The van der Waals surface area contributed by atoms with Crippen molar-refractivity contribution in [1.82, 2.24) is 20.0 Å². The van der Waals surface area contributed by atoms with E-state index < -0.39 is 0 Å². The quantitative estimate of drug-likeness (QED) is 0.910. The molecule has 0 atom stereocenters. The van der Waals surface area contributed by atoms with Gasteiger partial charge in [0.25, 0.3) is 5.91 Å². The molecule has 0 saturated heterocycles. The van der Waals surface area contributed by atoms with Crippen molar-refractivity contribution in [2.45, 2.75) is 64.5 Å². The number of rotatable bonds is 5. The summed E-state index contributed by atoms with van der Waals surface area (Å²) in [5.74, 6) is -0.0608. The Morgan fingerprint density at radius 2 is 2.00 bits per heavy atom. The second kappa shape index (κ2) is 6.82. The van der Waals surface area contributed by atoms with E-state index in [-0.39, 0.29) is 17.5 Å². The molecule has 5 heteroatoms. The molecule has 1 aromatic rings. The lowest BCUT2D eigenvalue weighted by Crippen LogP contribution is -2.53. The number of likely N-dealkylation sites (N-methyl/N-ethyl adjacent to an activating group) is 1. The van der Waals surface area contributed by atoms with Gasteiger partial charge in [-0.25, -0.2) is 0 Å². The zero-order valence-corrected chi connectivity index (χ0v) is 14.6. The van der Waals surface area contributed by atoms with Crippen LogP contribution in [0.15, 0.2) is 6.07 Å². The van der Waals surface area contributed by atoms with E-state index >= 15 is 0 Å². The molecule has 1 fully saturated rings. The summed E-state index contributed by atoms with van der Waals surface area (Å²) in [4.78, 5) is 14.7. The van der Waals surface area contributed by atoms with Gasteiger partial charge in [0.05, 0.1) is 0 Å². The van der Waals surface area contributed by atoms with E-state index in [4.69, 9.17) is 0 Å². The third-order valence-corrected chi connectivity index (χ3v) is 4.96. The van der Waals surface area contributed by atoms with Gasteiger partial charge in [-0.2, -0.15) is 5.10 Å². The van der Waals surface area contributed by atoms with Crippen molar-refractivity contribution in [1.29, 1.82) is 0 Å². The van der Waals surface area contributed by atoms with Gasteiger partial charge < -0.3 is 10.2 Å². The SMILES string of the molecule is Cc1cc(C(=O)NCC2(N(C)C)CCCCC2)nn1C(C)C. The highest BCUT2D eigenvalue weighted by Gasteiger charge is 2.34. The molecular weight excluding hydrogens is 276 g/mol. The largest absolute Gasteiger partial charge is 0.349 e. The molecule has 1 amide bonds. The number of aromatic nitrogens is 2. The molecule has 5 nitrogen and oxygen atoms in total. The molecule has 0 bridgehead atoms. The van der Waals surface area contributed by atoms with Crippen LogP contribution in [0.2, 0.25) is 0 Å². The zero-order valence-electron chi connectivity index (χ0n) is 14.6. The Morgan fingerprint density at radius 3 is 2.50 bits per heavy atom. The van der Waals surface area contributed by atoms with Gasteiger partial charge in [-0.1, -0.05) is 19.3 Å². The molecule has 0 aromatic carbocycles. The Hall–Kier alpha value is -1.36. The van der Waals surface area contributed by atoms with Crippen LogP contribution in [0.25, 0.3) is 0 Å². The summed E-state index contributed by atoms with van der Waals surface area (Å²) < 4.78 is 1.90. The van der Waals surface area contributed by atoms with Gasteiger partial charge >= 0.3 is 0 Å². The molecule has 0 unspecified atom stereocenters. The predicted molar refractivity (Wildman–Crippen MR) is 89.2 cm³/mol. The lowest BCUT2D eigenvalue weighted by Gasteiger charge is -2.43. The summed E-state index contributed by atoms with van der Waals surface area (Å²) >= 11 is 0. The van der Waals surface area contributed by atoms with E-state index in [1.165, 1.54) is 19.3 Å². The Kier molecular flexibility index (Phi) is 5.27. The molecule has 1 heterocycles. The summed E-state index contributed by atoms with van der Waals surface area (Å²) in [7, 11) is 4.24. The zero-order chi connectivity index (χ0) is 16.3. The molecule has 0 aliphatic heterocycles. The Labute approximate surface area is 134 Å². The van der Waals surface area contributed by atoms with E-state index in [9.17, 15) is 4.79 Å². The Morgan fingerprint density at radius 1 is 1.36 bits per heavy atom. The fourth-order valence-corrected chi connectivity index (χ4v) is 3.45. The highest BCUT2D eigenvalue weighted by molar-refractivity contribution is 5.92. The smallest absolute Gasteiger partial charge is 0.271 e. The average Bonchev–Trinajstić information content (AvgIpc) is 2.88. The molecule has 22 heavy (non-hydrogen) atoms. The third-order valence-electron chi connectivity index (χ3n) is 4.96. The summed E-state index contributed by atoms with van der Waals surface area (Å²) in [6, 6.07) is 2.14. The molecule has 1 aliphatic rings. The van der Waals surface area contributed by atoms with Crippen molar-refractivity contribution in [3.8, 4) is 0 Å². The Bertz CT molecular complexity index is 513. The van der Waals surface area contributed by atoms with Gasteiger partial charge in [0, 0.05) is 23.8 Å². The maximum absolute atomic E-state index is 12.4. The minimum Gasteiger partial charge on any atom is -0.349 e. The van der Waals surface area contributed by atoms with E-state index in [1.807, 2.05) is 17.7 Å². The molecule has 124 valence electrons. The fraction of sp³-hybridized carbons (Fsp3) is 0.765. The second-order valence-corrected chi connectivity index (χ2v) is 7.07. The minimum atomic E-state index is -0.0608. The van der Waals surface area contributed by atoms with Gasteiger partial charge in [0.1, 0.15) is 5.69 Å². The van der Waals surface area contributed by atoms with Crippen molar-refractivity contribution < 1.29 is 4.79 Å². The number of carbonyl (C=O) groups excluding carboxylic acids is 1. The molecule has 1 aromatic heterocycles. The van der Waals surface area contributed by atoms with Gasteiger partial charge in [-0.3, -0.25) is 9.48 Å². The van der Waals surface area contributed by atoms with Gasteiger partial charge in [0.15, 0.2) is 0 Å². The first kappa shape index (κ1) is 17.0. The number of nitrogens with one attached hydrogen (secondary N) is 1. The maximum atomic E-state index is 12.4. The summed E-state index contributed by atoms with van der Waals surface area (Å²) in [6.07, 6.45) is 6.10. The third kappa shape index (κ3) is 3.51. The lowest BCUT2D eigenvalue weighted by atomic mass is 9.80. The van der Waals surface area contributed by atoms with Crippen LogP contribution in [0.3, 0.4) is 0 Å². The number of hydrogen-bond acceptors (Lipinski definition) is 3. The van der Waals surface area contributed by atoms with E-state index in [0.717, 1.165) is 18.5 Å². The van der Waals surface area contributed by atoms with E-state index in [1.54, 1.807) is 0 Å². The standard InChI is InChI=1S/C17H30N4O/c1-13(2)21-14(3)11-15(19-21)16(22)18-12-17(20(4)5)9-7-6-8-10-17/h11,13H,6-10,12H2,1-5H3,(H,18,22). The lowest BCUT2D eigenvalue weighted by molar-refractivity contribution is 0.0795. The van der Waals surface area contributed by atoms with Crippen LogP contribution in [0.1, 0.15) is 68.2 Å². The number of amides is 1. The molecule has 1 N–H and O–H groups in total. The van der Waals surface area contributed by atoms with E-state index in [0.29, 0.717) is 12.2 Å². The molecule has 1 saturated carbocycles. The molecule has 1 aliphatic carbocycles. The predicted octanol–water partition coefficient (Wildman–Crippen LogP) is 2.77. The summed E-state index contributed by atoms with van der Waals surface area (Å²) in [5.41, 5.74) is 1.65. The maximum Gasteiger partial charge on any atom is 0.271 e. The van der Waals surface area contributed by atoms with Crippen molar-refractivity contribution in [2.75, 3.05) is 20.6 Å². The number of nitrogens with zero attached hydrogens (tertiary/aromatic N) is 3. The van der Waals surface area contributed by atoms with E-state index in [2.05, 4.69) is 43.3 Å². The van der Waals surface area contributed by atoms with Crippen molar-refractivity contribution in [3.05, 3.63) is 17.5 Å². The van der Waals surface area contributed by atoms with Crippen LogP contribution >= 0.6 is 0 Å². The van der Waals surface area contributed by atoms with Crippen molar-refractivity contribution >= 4 is 5.91 Å². The first-order chi connectivity index (χ1) is 10.4. The normalized spacial score (nSPS) is 18.0. The number of carbonyl (C=O) groups is 1. The van der Waals surface area contributed by atoms with Crippen LogP contribution in [-0.4, -0.2) is 46.8 Å². The molecular formula is C17H30N4O. The van der Waals surface area contributed by atoms with Gasteiger partial charge in [0.2, 0.25) is 0 Å². The molecule has 0 spiro atoms. The van der Waals surface area contributed by atoms with Crippen LogP contribution in [0.5, 0.6) is 0 Å². The van der Waals surface area contributed by atoms with Crippen LogP contribution in [-0.2, 0) is 0 Å². The van der Waals surface area contributed by atoms with Crippen LogP contribution in [0.4, 0.5) is 0 Å². The van der Waals surface area contributed by atoms with Gasteiger partial charge in [-0.15, -0.1) is 0 Å².